The fourth-order valence-corrected chi connectivity index (χ4v) is 1.53. The highest BCUT2D eigenvalue weighted by atomic mass is 16.6. The number of nitrogens with zero attached hydrogens (tertiary/aromatic N) is 2. The zero-order valence-electron chi connectivity index (χ0n) is 12.5. The Morgan fingerprint density at radius 2 is 2.09 bits per heavy atom. The van der Waals surface area contributed by atoms with Gasteiger partial charge in [0.25, 0.3) is 11.6 Å². The van der Waals surface area contributed by atoms with Crippen LogP contribution in [-0.4, -0.2) is 34.6 Å². The summed E-state index contributed by atoms with van der Waals surface area (Å²) < 4.78 is 4.73. The van der Waals surface area contributed by atoms with Crippen LogP contribution in [0.3, 0.4) is 0 Å². The van der Waals surface area contributed by atoms with Gasteiger partial charge < -0.3 is 15.8 Å². The van der Waals surface area contributed by atoms with Gasteiger partial charge in [-0.25, -0.2) is 9.78 Å². The van der Waals surface area contributed by atoms with E-state index in [1.54, 1.807) is 0 Å². The summed E-state index contributed by atoms with van der Waals surface area (Å²) in [6, 6.07) is 1.94. The van der Waals surface area contributed by atoms with Crippen LogP contribution in [0.25, 0.3) is 0 Å². The fourth-order valence-electron chi connectivity index (χ4n) is 1.53. The Bertz CT molecular complexity index is 565. The number of primary amides is 1. The fraction of sp³-hybridized carbons (Fsp3) is 0.462. The van der Waals surface area contributed by atoms with Crippen LogP contribution in [0.1, 0.15) is 31.3 Å². The maximum atomic E-state index is 12.1. The van der Waals surface area contributed by atoms with Gasteiger partial charge in [0.1, 0.15) is 18.5 Å². The first-order chi connectivity index (χ1) is 10.1. The number of rotatable bonds is 5. The zero-order valence-corrected chi connectivity index (χ0v) is 12.5. The van der Waals surface area contributed by atoms with Crippen LogP contribution in [0.5, 0.6) is 0 Å². The predicted octanol–water partition coefficient (Wildman–Crippen LogP) is 1.23. The van der Waals surface area contributed by atoms with Gasteiger partial charge in [0.2, 0.25) is 0 Å². The second-order valence-corrected chi connectivity index (χ2v) is 5.68. The van der Waals surface area contributed by atoms with Crippen LogP contribution in [0.15, 0.2) is 18.3 Å². The largest absolute Gasteiger partial charge is 0.448 e. The van der Waals surface area contributed by atoms with E-state index in [-0.39, 0.29) is 18.0 Å². The molecule has 0 spiro atoms. The standard InChI is InChI=1S/C13H18N4O5/c1-13(2,3)10(7-22-12(14)19)16-11(18)9-5-4-8(6-15-9)17(20)21/h4-6,10H,7H2,1-3H3,(H2,14,19)(H,16,18). The Balaban J connectivity index is 2.81. The number of ether oxygens (including phenoxy) is 1. The molecule has 0 aliphatic carbocycles. The zero-order chi connectivity index (χ0) is 16.9. The van der Waals surface area contributed by atoms with Crippen molar-refractivity contribution in [3.8, 4) is 0 Å². The molecule has 22 heavy (non-hydrogen) atoms. The van der Waals surface area contributed by atoms with E-state index in [2.05, 4.69) is 10.3 Å². The van der Waals surface area contributed by atoms with Gasteiger partial charge >= 0.3 is 6.09 Å². The minimum atomic E-state index is -0.933. The number of nitro groups is 1. The molecular weight excluding hydrogens is 292 g/mol. The summed E-state index contributed by atoms with van der Waals surface area (Å²) >= 11 is 0. The highest BCUT2D eigenvalue weighted by molar-refractivity contribution is 5.92. The first-order valence-electron chi connectivity index (χ1n) is 6.45. The molecule has 120 valence electrons. The first kappa shape index (κ1) is 17.3. The van der Waals surface area contributed by atoms with E-state index in [0.29, 0.717) is 0 Å². The molecular formula is C13H18N4O5. The van der Waals surface area contributed by atoms with Crippen molar-refractivity contribution in [3.05, 3.63) is 34.1 Å². The highest BCUT2D eigenvalue weighted by Gasteiger charge is 2.28. The number of hydrogen-bond acceptors (Lipinski definition) is 6. The van der Waals surface area contributed by atoms with Gasteiger partial charge in [0, 0.05) is 6.07 Å². The smallest absolute Gasteiger partial charge is 0.404 e. The van der Waals surface area contributed by atoms with Crippen LogP contribution in [-0.2, 0) is 4.74 Å². The Morgan fingerprint density at radius 3 is 2.50 bits per heavy atom. The van der Waals surface area contributed by atoms with Crippen molar-refractivity contribution in [3.63, 3.8) is 0 Å². The highest BCUT2D eigenvalue weighted by Crippen LogP contribution is 2.20. The van der Waals surface area contributed by atoms with Gasteiger partial charge in [-0.1, -0.05) is 20.8 Å². The molecule has 1 unspecified atom stereocenters. The third-order valence-corrected chi connectivity index (χ3v) is 2.93. The summed E-state index contributed by atoms with van der Waals surface area (Å²) in [6.45, 7) is 5.47. The van der Waals surface area contributed by atoms with Crippen molar-refractivity contribution in [1.82, 2.24) is 10.3 Å². The van der Waals surface area contributed by atoms with Crippen molar-refractivity contribution in [1.29, 1.82) is 0 Å². The molecule has 0 aliphatic heterocycles. The molecule has 3 N–H and O–H groups in total. The monoisotopic (exact) mass is 310 g/mol. The van der Waals surface area contributed by atoms with Gasteiger partial charge in [-0.05, 0) is 11.5 Å². The second kappa shape index (κ2) is 6.83. The number of aromatic nitrogens is 1. The molecule has 0 fully saturated rings. The third kappa shape index (κ3) is 5.00. The van der Waals surface area contributed by atoms with Crippen LogP contribution < -0.4 is 11.1 Å². The van der Waals surface area contributed by atoms with Crippen molar-refractivity contribution < 1.29 is 19.2 Å². The molecule has 9 nitrogen and oxygen atoms in total. The summed E-state index contributed by atoms with van der Waals surface area (Å²) in [5.74, 6) is -0.525. The number of carbonyl (C=O) groups excluding carboxylic acids is 2. The van der Waals surface area contributed by atoms with E-state index in [0.717, 1.165) is 6.20 Å². The van der Waals surface area contributed by atoms with Crippen molar-refractivity contribution in [2.24, 2.45) is 11.1 Å². The first-order valence-corrected chi connectivity index (χ1v) is 6.45. The van der Waals surface area contributed by atoms with E-state index >= 15 is 0 Å². The van der Waals surface area contributed by atoms with Crippen LogP contribution >= 0.6 is 0 Å². The summed E-state index contributed by atoms with van der Waals surface area (Å²) in [4.78, 5) is 36.5. The molecule has 2 amide bonds. The molecule has 0 saturated carbocycles. The maximum absolute atomic E-state index is 12.1. The van der Waals surface area contributed by atoms with E-state index in [4.69, 9.17) is 10.5 Å². The Hall–Kier alpha value is -2.71. The molecule has 1 rings (SSSR count). The molecule has 0 aliphatic rings. The van der Waals surface area contributed by atoms with Gasteiger partial charge in [-0.2, -0.15) is 0 Å². The second-order valence-electron chi connectivity index (χ2n) is 5.68. The lowest BCUT2D eigenvalue weighted by atomic mass is 9.87. The number of pyridine rings is 1. The number of carbonyl (C=O) groups is 2. The molecule has 9 heteroatoms. The maximum Gasteiger partial charge on any atom is 0.404 e. The Labute approximate surface area is 127 Å². The number of nitrogens with one attached hydrogen (secondary N) is 1. The molecule has 1 atom stereocenters. The molecule has 0 radical (unpaired) electrons. The Kier molecular flexibility index (Phi) is 5.39. The summed E-state index contributed by atoms with van der Waals surface area (Å²) in [7, 11) is 0. The van der Waals surface area contributed by atoms with E-state index in [9.17, 15) is 19.7 Å². The summed E-state index contributed by atoms with van der Waals surface area (Å²) in [6.07, 6.45) is 0.0675. The topological polar surface area (TPSA) is 137 Å². The van der Waals surface area contributed by atoms with Crippen LogP contribution in [0.4, 0.5) is 10.5 Å². The average molecular weight is 310 g/mol. The molecule has 1 heterocycles. The quantitative estimate of drug-likeness (QED) is 0.619. The number of nitrogens with two attached hydrogens (primary N) is 1. The average Bonchev–Trinajstić information content (AvgIpc) is 2.41. The SMILES string of the molecule is CC(C)(C)C(COC(N)=O)NC(=O)c1ccc([N+](=O)[O-])cn1. The van der Waals surface area contributed by atoms with Gasteiger partial charge in [0.15, 0.2) is 0 Å². The van der Waals surface area contributed by atoms with E-state index in [1.165, 1.54) is 12.1 Å². The van der Waals surface area contributed by atoms with Crippen molar-refractivity contribution in [2.45, 2.75) is 26.8 Å². The molecule has 0 aromatic carbocycles. The summed E-state index contributed by atoms with van der Waals surface area (Å²) in [5, 5.41) is 13.2. The lowest BCUT2D eigenvalue weighted by molar-refractivity contribution is -0.385. The van der Waals surface area contributed by atoms with Gasteiger partial charge in [0.05, 0.1) is 11.0 Å². The van der Waals surface area contributed by atoms with Gasteiger partial charge in [-0.15, -0.1) is 0 Å². The van der Waals surface area contributed by atoms with E-state index in [1.807, 2.05) is 20.8 Å². The van der Waals surface area contributed by atoms with E-state index < -0.39 is 28.4 Å². The molecule has 1 aromatic heterocycles. The normalized spacial score (nSPS) is 12.3. The van der Waals surface area contributed by atoms with Crippen molar-refractivity contribution in [2.75, 3.05) is 6.61 Å². The summed E-state index contributed by atoms with van der Waals surface area (Å²) in [5.41, 5.74) is 4.34. The van der Waals surface area contributed by atoms with Crippen LogP contribution in [0, 0.1) is 15.5 Å². The third-order valence-electron chi connectivity index (χ3n) is 2.93. The Morgan fingerprint density at radius 1 is 1.45 bits per heavy atom. The van der Waals surface area contributed by atoms with Crippen molar-refractivity contribution >= 4 is 17.7 Å². The lowest BCUT2D eigenvalue weighted by Gasteiger charge is -2.30. The number of amides is 2. The molecule has 1 aromatic rings. The van der Waals surface area contributed by atoms with Gasteiger partial charge in [-0.3, -0.25) is 14.9 Å². The minimum Gasteiger partial charge on any atom is -0.448 e. The van der Waals surface area contributed by atoms with Crippen LogP contribution in [0.2, 0.25) is 0 Å². The molecule has 0 saturated heterocycles. The lowest BCUT2D eigenvalue weighted by Crippen LogP contribution is -2.47. The number of hydrogen-bond donors (Lipinski definition) is 2. The molecule has 0 bridgehead atoms. The minimum absolute atomic E-state index is 0.0268. The predicted molar refractivity (Wildman–Crippen MR) is 77.1 cm³/mol.